The Kier molecular flexibility index (Phi) is 4.96. The van der Waals surface area contributed by atoms with Crippen LogP contribution in [0.5, 0.6) is 0 Å². The summed E-state index contributed by atoms with van der Waals surface area (Å²) in [7, 11) is -3.02. The first-order valence-electron chi connectivity index (χ1n) is 8.36. The number of hydrogen-bond acceptors (Lipinski definition) is 3. The Labute approximate surface area is 144 Å². The Bertz CT molecular complexity index is 655. The number of hydrogen-bond donors (Lipinski definition) is 0. The SMILES string of the molecule is CC(C)(C)C1COC(P(=O)(c2ccccc2)c2ccccc2)OC1. The van der Waals surface area contributed by atoms with Gasteiger partial charge in [0, 0.05) is 16.5 Å². The van der Waals surface area contributed by atoms with Gasteiger partial charge in [-0.3, -0.25) is 0 Å². The van der Waals surface area contributed by atoms with E-state index in [1.807, 2.05) is 60.7 Å². The average molecular weight is 344 g/mol. The number of benzene rings is 2. The number of rotatable bonds is 3. The summed E-state index contributed by atoms with van der Waals surface area (Å²) in [6.07, 6.45) is 0. The minimum atomic E-state index is -3.02. The molecular formula is C20H25O3P. The first kappa shape index (κ1) is 17.4. The lowest BCUT2D eigenvalue weighted by Gasteiger charge is -2.39. The van der Waals surface area contributed by atoms with Crippen LogP contribution in [0.1, 0.15) is 20.8 Å². The molecule has 0 amide bonds. The minimum absolute atomic E-state index is 0.106. The molecule has 0 saturated carbocycles. The fourth-order valence-corrected chi connectivity index (χ4v) is 5.50. The molecule has 1 fully saturated rings. The van der Waals surface area contributed by atoms with Gasteiger partial charge in [-0.15, -0.1) is 0 Å². The third-order valence-corrected chi connectivity index (χ3v) is 7.70. The summed E-state index contributed by atoms with van der Waals surface area (Å²) in [6.45, 7) is 7.67. The second-order valence-electron chi connectivity index (χ2n) is 7.37. The average Bonchev–Trinajstić information content (AvgIpc) is 2.62. The van der Waals surface area contributed by atoms with Gasteiger partial charge in [0.15, 0.2) is 7.14 Å². The zero-order valence-corrected chi connectivity index (χ0v) is 15.4. The van der Waals surface area contributed by atoms with E-state index in [0.717, 1.165) is 10.6 Å². The van der Waals surface area contributed by atoms with Crippen molar-refractivity contribution in [1.29, 1.82) is 0 Å². The van der Waals surface area contributed by atoms with Crippen LogP contribution < -0.4 is 10.6 Å². The maximum Gasteiger partial charge on any atom is 0.219 e. The van der Waals surface area contributed by atoms with Crippen molar-refractivity contribution in [2.45, 2.75) is 26.8 Å². The van der Waals surface area contributed by atoms with E-state index in [1.165, 1.54) is 0 Å². The fraction of sp³-hybridized carbons (Fsp3) is 0.400. The third kappa shape index (κ3) is 3.35. The highest BCUT2D eigenvalue weighted by Crippen LogP contribution is 2.51. The molecule has 128 valence electrons. The van der Waals surface area contributed by atoms with Crippen molar-refractivity contribution in [3.8, 4) is 0 Å². The standard InChI is InChI=1S/C20H25O3P/c1-20(2,3)16-14-22-19(23-15-16)24(21,17-10-6-4-7-11-17)18-12-8-5-9-13-18/h4-13,16,19H,14-15H2,1-3H3. The summed E-state index contributed by atoms with van der Waals surface area (Å²) in [5.74, 6) is 0.300. The molecule has 2 aromatic rings. The molecule has 0 aliphatic carbocycles. The molecule has 3 nitrogen and oxygen atoms in total. The zero-order chi connectivity index (χ0) is 17.2. The fourth-order valence-electron chi connectivity index (χ4n) is 2.89. The molecule has 0 radical (unpaired) electrons. The van der Waals surface area contributed by atoms with Crippen LogP contribution in [-0.4, -0.2) is 19.2 Å². The van der Waals surface area contributed by atoms with Gasteiger partial charge in [-0.2, -0.15) is 0 Å². The van der Waals surface area contributed by atoms with Crippen LogP contribution in [0.2, 0.25) is 0 Å². The van der Waals surface area contributed by atoms with E-state index in [9.17, 15) is 4.57 Å². The van der Waals surface area contributed by atoms with Crippen LogP contribution in [0.4, 0.5) is 0 Å². The smallest absolute Gasteiger partial charge is 0.219 e. The van der Waals surface area contributed by atoms with Gasteiger partial charge in [0.25, 0.3) is 0 Å². The highest BCUT2D eigenvalue weighted by atomic mass is 31.2. The van der Waals surface area contributed by atoms with Gasteiger partial charge in [-0.1, -0.05) is 81.4 Å². The predicted octanol–water partition coefficient (Wildman–Crippen LogP) is 3.99. The zero-order valence-electron chi connectivity index (χ0n) is 14.5. The van der Waals surface area contributed by atoms with Gasteiger partial charge in [-0.05, 0) is 5.41 Å². The van der Waals surface area contributed by atoms with Crippen LogP contribution in [0.25, 0.3) is 0 Å². The molecule has 0 spiro atoms. The van der Waals surface area contributed by atoms with Crippen molar-refractivity contribution in [3.63, 3.8) is 0 Å². The summed E-state index contributed by atoms with van der Waals surface area (Å²) in [4.78, 5) is 0. The molecular weight excluding hydrogens is 319 g/mol. The van der Waals surface area contributed by atoms with E-state index in [2.05, 4.69) is 20.8 Å². The van der Waals surface area contributed by atoms with Gasteiger partial charge in [0.05, 0.1) is 13.2 Å². The molecule has 0 aromatic heterocycles. The Hall–Kier alpha value is -1.41. The molecule has 0 unspecified atom stereocenters. The van der Waals surface area contributed by atoms with E-state index < -0.39 is 13.2 Å². The van der Waals surface area contributed by atoms with Crippen molar-refractivity contribution in [2.75, 3.05) is 13.2 Å². The van der Waals surface area contributed by atoms with Crippen molar-refractivity contribution in [1.82, 2.24) is 0 Å². The summed E-state index contributed by atoms with van der Waals surface area (Å²) in [5, 5.41) is 1.55. The topological polar surface area (TPSA) is 35.5 Å². The monoisotopic (exact) mass is 344 g/mol. The van der Waals surface area contributed by atoms with Crippen LogP contribution in [0, 0.1) is 11.3 Å². The van der Waals surface area contributed by atoms with E-state index in [0.29, 0.717) is 19.1 Å². The minimum Gasteiger partial charge on any atom is -0.345 e. The maximum absolute atomic E-state index is 14.1. The summed E-state index contributed by atoms with van der Waals surface area (Å²) in [6, 6.07) is 18.4. The first-order chi connectivity index (χ1) is 11.4. The Balaban J connectivity index is 1.95. The molecule has 1 aliphatic heterocycles. The van der Waals surface area contributed by atoms with Gasteiger partial charge >= 0.3 is 0 Å². The normalized spacial score (nSPS) is 22.3. The summed E-state index contributed by atoms with van der Waals surface area (Å²) in [5.41, 5.74) is 0.106. The summed E-state index contributed by atoms with van der Waals surface area (Å²) >= 11 is 0. The summed E-state index contributed by atoms with van der Waals surface area (Å²) < 4.78 is 26.1. The molecule has 0 atom stereocenters. The second kappa shape index (κ2) is 6.84. The van der Waals surface area contributed by atoms with Gasteiger partial charge in [0.2, 0.25) is 6.03 Å². The highest BCUT2D eigenvalue weighted by Gasteiger charge is 2.43. The Morgan fingerprint density at radius 1 is 0.833 bits per heavy atom. The van der Waals surface area contributed by atoms with E-state index in [4.69, 9.17) is 9.47 Å². The molecule has 1 aliphatic rings. The van der Waals surface area contributed by atoms with E-state index in [-0.39, 0.29) is 5.41 Å². The largest absolute Gasteiger partial charge is 0.345 e. The van der Waals surface area contributed by atoms with Crippen LogP contribution in [0.3, 0.4) is 0 Å². The van der Waals surface area contributed by atoms with E-state index in [1.54, 1.807) is 0 Å². The van der Waals surface area contributed by atoms with Gasteiger partial charge < -0.3 is 14.0 Å². The highest BCUT2D eigenvalue weighted by molar-refractivity contribution is 7.79. The van der Waals surface area contributed by atoms with Gasteiger partial charge in [-0.25, -0.2) is 0 Å². The van der Waals surface area contributed by atoms with E-state index >= 15 is 0 Å². The van der Waals surface area contributed by atoms with Crippen LogP contribution >= 0.6 is 7.14 Å². The lowest BCUT2D eigenvalue weighted by molar-refractivity contribution is -0.173. The maximum atomic E-state index is 14.1. The molecule has 24 heavy (non-hydrogen) atoms. The van der Waals surface area contributed by atoms with Crippen molar-refractivity contribution >= 4 is 17.8 Å². The molecule has 1 heterocycles. The lowest BCUT2D eigenvalue weighted by Crippen LogP contribution is -2.41. The van der Waals surface area contributed by atoms with Crippen LogP contribution in [-0.2, 0) is 14.0 Å². The predicted molar refractivity (Wildman–Crippen MR) is 98.4 cm³/mol. The van der Waals surface area contributed by atoms with Gasteiger partial charge in [0.1, 0.15) is 0 Å². The van der Waals surface area contributed by atoms with Crippen molar-refractivity contribution < 1.29 is 14.0 Å². The van der Waals surface area contributed by atoms with Crippen molar-refractivity contribution in [3.05, 3.63) is 60.7 Å². The number of ether oxygens (including phenoxy) is 2. The molecule has 2 aromatic carbocycles. The second-order valence-corrected chi connectivity index (χ2v) is 10.1. The van der Waals surface area contributed by atoms with Crippen molar-refractivity contribution in [2.24, 2.45) is 11.3 Å². The molecule has 0 bridgehead atoms. The quantitative estimate of drug-likeness (QED) is 0.790. The third-order valence-electron chi connectivity index (χ3n) is 4.68. The molecule has 1 saturated heterocycles. The molecule has 4 heteroatoms. The van der Waals surface area contributed by atoms with Crippen LogP contribution in [0.15, 0.2) is 60.7 Å². The Morgan fingerprint density at radius 2 is 1.25 bits per heavy atom. The Morgan fingerprint density at radius 3 is 1.62 bits per heavy atom. The molecule has 3 rings (SSSR count). The molecule has 0 N–H and O–H groups in total. The lowest BCUT2D eigenvalue weighted by atomic mass is 9.81. The first-order valence-corrected chi connectivity index (χ1v) is 10.1.